The fourth-order valence-electron chi connectivity index (χ4n) is 10.8. The first-order valence-corrected chi connectivity index (χ1v) is 34.1. The van der Waals surface area contributed by atoms with Gasteiger partial charge in [-0.1, -0.05) is 334 Å². The number of rotatable bonds is 64. The predicted octanol–water partition coefficient (Wildman–Crippen LogP) is 21.8. The Morgan fingerprint density at radius 3 is 1.04 bits per heavy atom. The van der Waals surface area contributed by atoms with Crippen molar-refractivity contribution in [3.05, 3.63) is 24.3 Å². The van der Waals surface area contributed by atoms with E-state index in [0.717, 1.165) is 51.4 Å². The third kappa shape index (κ3) is 61.4. The van der Waals surface area contributed by atoms with Crippen LogP contribution in [0.5, 0.6) is 0 Å². The monoisotopic (exact) mass is 1060 g/mol. The van der Waals surface area contributed by atoms with Crippen LogP contribution in [0, 0.1) is 0 Å². The molecule has 0 saturated heterocycles. The zero-order valence-corrected chi connectivity index (χ0v) is 50.8. The maximum Gasteiger partial charge on any atom is 0.305 e. The lowest BCUT2D eigenvalue weighted by Crippen LogP contribution is -2.45. The summed E-state index contributed by atoms with van der Waals surface area (Å²) < 4.78 is 5.49. The molecule has 2 atom stereocenters. The number of aliphatic hydroxyl groups excluding tert-OH is 2. The number of amides is 1. The van der Waals surface area contributed by atoms with E-state index in [2.05, 4.69) is 43.5 Å². The third-order valence-corrected chi connectivity index (χ3v) is 16.0. The number of carbonyl (C=O) groups excluding carboxylic acids is 2. The average Bonchev–Trinajstić information content (AvgIpc) is 3.41. The molecule has 3 N–H and O–H groups in total. The van der Waals surface area contributed by atoms with Crippen LogP contribution in [0.1, 0.15) is 380 Å². The van der Waals surface area contributed by atoms with Gasteiger partial charge in [-0.3, -0.25) is 9.59 Å². The van der Waals surface area contributed by atoms with E-state index in [1.807, 2.05) is 0 Å². The second kappa shape index (κ2) is 64.9. The minimum absolute atomic E-state index is 0.00387. The lowest BCUT2D eigenvalue weighted by molar-refractivity contribution is -0.143. The summed E-state index contributed by atoms with van der Waals surface area (Å²) in [6.07, 6.45) is 80.7. The number of allylic oxidation sites excluding steroid dienone is 4. The fourth-order valence-corrected chi connectivity index (χ4v) is 10.8. The summed E-state index contributed by atoms with van der Waals surface area (Å²) in [4.78, 5) is 24.6. The van der Waals surface area contributed by atoms with Crippen LogP contribution in [0.2, 0.25) is 0 Å². The number of hydrogen-bond acceptors (Lipinski definition) is 5. The SMILES string of the molecule is CCCCC/C=C\C/C=C\CCCCCCCC(=O)OCCCCCCCCCCCCCCCCCCCCCCCCCCCCC(=O)N[C@@H](CO)[C@H](O)CCCCCCCCCCCCCCCCCCC. The summed E-state index contributed by atoms with van der Waals surface area (Å²) in [7, 11) is 0. The maximum absolute atomic E-state index is 12.5. The highest BCUT2D eigenvalue weighted by molar-refractivity contribution is 5.76. The van der Waals surface area contributed by atoms with Gasteiger partial charge in [-0.2, -0.15) is 0 Å². The molecule has 0 saturated carbocycles. The first-order valence-electron chi connectivity index (χ1n) is 34.1. The number of aliphatic hydroxyl groups is 2. The van der Waals surface area contributed by atoms with Gasteiger partial charge in [0.05, 0.1) is 25.4 Å². The van der Waals surface area contributed by atoms with E-state index in [4.69, 9.17) is 4.74 Å². The lowest BCUT2D eigenvalue weighted by atomic mass is 10.0. The van der Waals surface area contributed by atoms with Crippen LogP contribution in [0.3, 0.4) is 0 Å². The van der Waals surface area contributed by atoms with Crippen LogP contribution in [0.15, 0.2) is 24.3 Å². The van der Waals surface area contributed by atoms with Crippen molar-refractivity contribution in [2.75, 3.05) is 13.2 Å². The van der Waals surface area contributed by atoms with Crippen LogP contribution in [0.4, 0.5) is 0 Å². The molecule has 0 unspecified atom stereocenters. The van der Waals surface area contributed by atoms with Crippen molar-refractivity contribution in [1.29, 1.82) is 0 Å². The molecule has 0 aliphatic rings. The molecule has 0 rings (SSSR count). The maximum atomic E-state index is 12.5. The van der Waals surface area contributed by atoms with Gasteiger partial charge in [0.25, 0.3) is 0 Å². The van der Waals surface area contributed by atoms with Gasteiger partial charge in [-0.25, -0.2) is 0 Å². The molecule has 0 aliphatic carbocycles. The van der Waals surface area contributed by atoms with Crippen LogP contribution in [-0.2, 0) is 14.3 Å². The molecule has 0 radical (unpaired) electrons. The van der Waals surface area contributed by atoms with Gasteiger partial charge < -0.3 is 20.3 Å². The summed E-state index contributed by atoms with van der Waals surface area (Å²) in [5, 5.41) is 23.4. The molecular formula is C69H133NO5. The zero-order valence-electron chi connectivity index (χ0n) is 50.8. The minimum atomic E-state index is -0.663. The summed E-state index contributed by atoms with van der Waals surface area (Å²) in [6, 6.07) is -0.540. The van der Waals surface area contributed by atoms with Crippen LogP contribution < -0.4 is 5.32 Å². The number of carbonyl (C=O) groups is 2. The number of hydrogen-bond donors (Lipinski definition) is 3. The highest BCUT2D eigenvalue weighted by Gasteiger charge is 2.20. The number of esters is 1. The van der Waals surface area contributed by atoms with Gasteiger partial charge in [0.2, 0.25) is 5.91 Å². The highest BCUT2D eigenvalue weighted by atomic mass is 16.5. The van der Waals surface area contributed by atoms with Crippen LogP contribution >= 0.6 is 0 Å². The third-order valence-electron chi connectivity index (χ3n) is 16.0. The smallest absolute Gasteiger partial charge is 0.305 e. The quantitative estimate of drug-likeness (QED) is 0.0320. The molecule has 0 aromatic rings. The molecule has 0 aromatic carbocycles. The van der Waals surface area contributed by atoms with Gasteiger partial charge >= 0.3 is 5.97 Å². The van der Waals surface area contributed by atoms with Crippen molar-refractivity contribution in [2.24, 2.45) is 0 Å². The van der Waals surface area contributed by atoms with Gasteiger partial charge in [0, 0.05) is 12.8 Å². The van der Waals surface area contributed by atoms with E-state index in [1.165, 1.54) is 295 Å². The summed E-state index contributed by atoms with van der Waals surface area (Å²) in [5.74, 6) is -0.0256. The molecule has 0 aromatic heterocycles. The number of unbranched alkanes of at least 4 members (excludes halogenated alkanes) is 49. The van der Waals surface area contributed by atoms with Crippen molar-refractivity contribution in [3.63, 3.8) is 0 Å². The predicted molar refractivity (Wildman–Crippen MR) is 329 cm³/mol. The first kappa shape index (κ1) is 73.3. The Bertz CT molecular complexity index is 1170. The van der Waals surface area contributed by atoms with Gasteiger partial charge in [-0.05, 0) is 57.8 Å². The van der Waals surface area contributed by atoms with Crippen LogP contribution in [-0.4, -0.2) is 47.4 Å². The summed E-state index contributed by atoms with van der Waals surface area (Å²) in [5.41, 5.74) is 0. The van der Waals surface area contributed by atoms with Crippen LogP contribution in [0.25, 0.3) is 0 Å². The molecule has 6 heteroatoms. The minimum Gasteiger partial charge on any atom is -0.466 e. The van der Waals surface area contributed by atoms with Gasteiger partial charge in [0.15, 0.2) is 0 Å². The molecule has 0 heterocycles. The van der Waals surface area contributed by atoms with Crippen molar-refractivity contribution < 1.29 is 24.5 Å². The Kier molecular flexibility index (Phi) is 63.4. The summed E-state index contributed by atoms with van der Waals surface area (Å²) in [6.45, 7) is 4.95. The van der Waals surface area contributed by atoms with E-state index >= 15 is 0 Å². The van der Waals surface area contributed by atoms with E-state index in [-0.39, 0.29) is 18.5 Å². The number of nitrogens with one attached hydrogen (secondary N) is 1. The molecular weight excluding hydrogens is 923 g/mol. The molecule has 1 amide bonds. The Morgan fingerprint density at radius 1 is 0.373 bits per heavy atom. The summed E-state index contributed by atoms with van der Waals surface area (Å²) >= 11 is 0. The molecule has 6 nitrogen and oxygen atoms in total. The molecule has 444 valence electrons. The Labute approximate surface area is 469 Å². The van der Waals surface area contributed by atoms with Gasteiger partial charge in [0.1, 0.15) is 0 Å². The Hall–Kier alpha value is -1.66. The number of ether oxygens (including phenoxy) is 1. The molecule has 0 bridgehead atoms. The Morgan fingerprint density at radius 2 is 0.667 bits per heavy atom. The second-order valence-corrected chi connectivity index (χ2v) is 23.5. The normalized spacial score (nSPS) is 12.6. The van der Waals surface area contributed by atoms with E-state index < -0.39 is 12.1 Å². The molecule has 0 aliphatic heterocycles. The lowest BCUT2D eigenvalue weighted by Gasteiger charge is -2.22. The first-order chi connectivity index (χ1) is 37.0. The van der Waals surface area contributed by atoms with E-state index in [0.29, 0.717) is 25.9 Å². The topological polar surface area (TPSA) is 95.9 Å². The van der Waals surface area contributed by atoms with E-state index in [1.54, 1.807) is 0 Å². The molecule has 0 fully saturated rings. The zero-order chi connectivity index (χ0) is 54.3. The van der Waals surface area contributed by atoms with Gasteiger partial charge in [-0.15, -0.1) is 0 Å². The molecule has 75 heavy (non-hydrogen) atoms. The second-order valence-electron chi connectivity index (χ2n) is 23.5. The fraction of sp³-hybridized carbons (Fsp3) is 0.913. The van der Waals surface area contributed by atoms with Crippen molar-refractivity contribution in [1.82, 2.24) is 5.32 Å². The van der Waals surface area contributed by atoms with Crippen molar-refractivity contribution >= 4 is 11.9 Å². The Balaban J connectivity index is 3.35. The molecule has 0 spiro atoms. The average molecular weight is 1060 g/mol. The van der Waals surface area contributed by atoms with Crippen molar-refractivity contribution in [3.8, 4) is 0 Å². The highest BCUT2D eigenvalue weighted by Crippen LogP contribution is 2.19. The largest absolute Gasteiger partial charge is 0.466 e. The van der Waals surface area contributed by atoms with Crippen molar-refractivity contribution in [2.45, 2.75) is 392 Å². The standard InChI is InChI=1S/C69H133NO5/c1-3-5-7-9-11-13-15-17-19-30-34-37-41-45-49-53-57-61-67(72)66(65-71)70-68(73)62-58-54-50-46-42-38-35-31-28-26-24-22-20-21-23-25-27-29-32-36-40-44-48-52-56-60-64-75-69(74)63-59-55-51-47-43-39-33-18-16-14-12-10-8-6-4-2/h12,14,18,33,66-67,71-72H,3-11,13,15-17,19-32,34-65H2,1-2H3,(H,70,73)/b14-12-,33-18-/t66-,67+/m0/s1. The van der Waals surface area contributed by atoms with E-state index in [9.17, 15) is 19.8 Å².